The van der Waals surface area contributed by atoms with E-state index >= 15 is 0 Å². The summed E-state index contributed by atoms with van der Waals surface area (Å²) in [5.41, 5.74) is 3.58. The van der Waals surface area contributed by atoms with E-state index in [2.05, 4.69) is 42.4 Å². The maximum Gasteiger partial charge on any atom is 0.343 e. The van der Waals surface area contributed by atoms with Gasteiger partial charge < -0.3 is 9.47 Å². The zero-order chi connectivity index (χ0) is 21.3. The molecule has 1 N–H and O–H groups in total. The number of ether oxygens (including phenoxy) is 2. The highest BCUT2D eigenvalue weighted by Gasteiger charge is 2.08. The smallest absolute Gasteiger partial charge is 0.343 e. The van der Waals surface area contributed by atoms with Crippen molar-refractivity contribution in [2.75, 3.05) is 6.61 Å². The monoisotopic (exact) mass is 530 g/mol. The van der Waals surface area contributed by atoms with E-state index in [0.29, 0.717) is 17.1 Å². The minimum atomic E-state index is -0.443. The lowest BCUT2D eigenvalue weighted by Crippen LogP contribution is -2.24. The molecule has 0 aliphatic heterocycles. The number of hydrogen-bond donors (Lipinski definition) is 1. The molecular weight excluding hydrogens is 516 g/mol. The van der Waals surface area contributed by atoms with Crippen LogP contribution in [0.1, 0.15) is 15.9 Å². The average Bonchev–Trinajstić information content (AvgIpc) is 2.75. The highest BCUT2D eigenvalue weighted by Crippen LogP contribution is 2.17. The summed E-state index contributed by atoms with van der Waals surface area (Å²) in [6.45, 7) is -0.149. The molecule has 0 unspecified atom stereocenters. The van der Waals surface area contributed by atoms with Crippen molar-refractivity contribution in [1.82, 2.24) is 5.43 Å². The molecule has 0 saturated heterocycles. The standard InChI is InChI=1S/C22H16Br2N2O4/c23-17-5-3-16(4-6-17)22(28)30-20-9-1-15(2-10-20)13-25-26-21(27)14-29-19-11-7-18(24)8-12-19/h1-13H,14H2,(H,26,27)/b25-13+. The molecule has 8 heteroatoms. The Morgan fingerprint density at radius 1 is 0.833 bits per heavy atom. The molecule has 0 aliphatic rings. The molecule has 0 saturated carbocycles. The van der Waals surface area contributed by atoms with Gasteiger partial charge in [0.25, 0.3) is 5.91 Å². The first-order valence-corrected chi connectivity index (χ1v) is 10.4. The Kier molecular flexibility index (Phi) is 7.75. The fraction of sp³-hybridized carbons (Fsp3) is 0.0455. The number of halogens is 2. The van der Waals surface area contributed by atoms with Gasteiger partial charge in [0.1, 0.15) is 11.5 Å². The third kappa shape index (κ3) is 6.82. The molecule has 0 atom stereocenters. The summed E-state index contributed by atoms with van der Waals surface area (Å²) in [6, 6.07) is 20.8. The first kappa shape index (κ1) is 21.7. The van der Waals surface area contributed by atoms with Crippen molar-refractivity contribution in [3.8, 4) is 11.5 Å². The number of hydrogen-bond acceptors (Lipinski definition) is 5. The van der Waals surface area contributed by atoms with Gasteiger partial charge >= 0.3 is 5.97 Å². The topological polar surface area (TPSA) is 77.0 Å². The number of rotatable bonds is 7. The van der Waals surface area contributed by atoms with Crippen LogP contribution < -0.4 is 14.9 Å². The second-order valence-electron chi connectivity index (χ2n) is 6.00. The number of carbonyl (C=O) groups is 2. The fourth-order valence-corrected chi connectivity index (χ4v) is 2.79. The minimum Gasteiger partial charge on any atom is -0.484 e. The first-order valence-electron chi connectivity index (χ1n) is 8.78. The summed E-state index contributed by atoms with van der Waals surface area (Å²) in [7, 11) is 0. The summed E-state index contributed by atoms with van der Waals surface area (Å²) in [5.74, 6) is 0.175. The summed E-state index contributed by atoms with van der Waals surface area (Å²) in [5, 5.41) is 3.89. The van der Waals surface area contributed by atoms with Crippen LogP contribution in [0.15, 0.2) is 86.8 Å². The average molecular weight is 532 g/mol. The highest BCUT2D eigenvalue weighted by molar-refractivity contribution is 9.10. The molecule has 0 fully saturated rings. The lowest BCUT2D eigenvalue weighted by molar-refractivity contribution is -0.123. The first-order chi connectivity index (χ1) is 14.5. The molecule has 1 amide bonds. The van der Waals surface area contributed by atoms with Crippen molar-refractivity contribution < 1.29 is 19.1 Å². The normalized spacial score (nSPS) is 10.6. The third-order valence-electron chi connectivity index (χ3n) is 3.76. The van der Waals surface area contributed by atoms with E-state index in [1.54, 1.807) is 60.7 Å². The lowest BCUT2D eigenvalue weighted by Gasteiger charge is -2.05. The van der Waals surface area contributed by atoms with Gasteiger partial charge in [-0.2, -0.15) is 5.10 Å². The molecule has 6 nitrogen and oxygen atoms in total. The second kappa shape index (κ2) is 10.7. The van der Waals surface area contributed by atoms with Crippen molar-refractivity contribution >= 4 is 50.0 Å². The zero-order valence-electron chi connectivity index (χ0n) is 15.5. The van der Waals surface area contributed by atoms with Crippen LogP contribution in [0, 0.1) is 0 Å². The molecule has 0 heterocycles. The Morgan fingerprint density at radius 2 is 1.40 bits per heavy atom. The van der Waals surface area contributed by atoms with Crippen LogP contribution in [0.2, 0.25) is 0 Å². The molecule has 0 aromatic heterocycles. The van der Waals surface area contributed by atoms with E-state index in [1.807, 2.05) is 12.1 Å². The molecule has 3 rings (SSSR count). The van der Waals surface area contributed by atoms with E-state index in [1.165, 1.54) is 6.21 Å². The van der Waals surface area contributed by atoms with Crippen LogP contribution in [-0.2, 0) is 4.79 Å². The molecule has 0 spiro atoms. The number of benzene rings is 3. The van der Waals surface area contributed by atoms with Gasteiger partial charge in [-0.15, -0.1) is 0 Å². The summed E-state index contributed by atoms with van der Waals surface area (Å²) in [6.07, 6.45) is 1.48. The number of esters is 1. The Labute approximate surface area is 190 Å². The van der Waals surface area contributed by atoms with Crippen molar-refractivity contribution in [2.24, 2.45) is 5.10 Å². The molecule has 30 heavy (non-hydrogen) atoms. The minimum absolute atomic E-state index is 0.149. The van der Waals surface area contributed by atoms with Crippen LogP contribution in [0.25, 0.3) is 0 Å². The molecule has 0 aliphatic carbocycles. The van der Waals surface area contributed by atoms with E-state index in [-0.39, 0.29) is 12.5 Å². The summed E-state index contributed by atoms with van der Waals surface area (Å²) < 4.78 is 12.5. The van der Waals surface area contributed by atoms with E-state index < -0.39 is 5.97 Å². The molecule has 3 aromatic carbocycles. The van der Waals surface area contributed by atoms with E-state index in [4.69, 9.17) is 9.47 Å². The molecule has 0 radical (unpaired) electrons. The zero-order valence-corrected chi connectivity index (χ0v) is 18.7. The number of hydrazone groups is 1. The van der Waals surface area contributed by atoms with Gasteiger partial charge in [-0.3, -0.25) is 4.79 Å². The van der Waals surface area contributed by atoms with Crippen LogP contribution in [0.3, 0.4) is 0 Å². The quantitative estimate of drug-likeness (QED) is 0.202. The van der Waals surface area contributed by atoms with E-state index in [9.17, 15) is 9.59 Å². The molecular formula is C22H16Br2N2O4. The van der Waals surface area contributed by atoms with E-state index in [0.717, 1.165) is 14.5 Å². The van der Waals surface area contributed by atoms with Gasteiger partial charge in [-0.25, -0.2) is 10.2 Å². The predicted molar refractivity (Wildman–Crippen MR) is 121 cm³/mol. The Bertz CT molecular complexity index is 1030. The number of nitrogens with one attached hydrogen (secondary N) is 1. The largest absolute Gasteiger partial charge is 0.484 e. The molecule has 3 aromatic rings. The van der Waals surface area contributed by atoms with Crippen LogP contribution in [-0.4, -0.2) is 24.7 Å². The van der Waals surface area contributed by atoms with Crippen molar-refractivity contribution in [3.05, 3.63) is 92.9 Å². The van der Waals surface area contributed by atoms with Gasteiger partial charge in [-0.05, 0) is 78.4 Å². The Hall–Kier alpha value is -2.97. The van der Waals surface area contributed by atoms with Crippen molar-refractivity contribution in [2.45, 2.75) is 0 Å². The molecule has 152 valence electrons. The fourth-order valence-electron chi connectivity index (χ4n) is 2.26. The SMILES string of the molecule is O=C(COc1ccc(Br)cc1)N/N=C/c1ccc(OC(=O)c2ccc(Br)cc2)cc1. The lowest BCUT2D eigenvalue weighted by atomic mass is 10.2. The van der Waals surface area contributed by atoms with Crippen molar-refractivity contribution in [1.29, 1.82) is 0 Å². The maximum atomic E-state index is 12.1. The van der Waals surface area contributed by atoms with Gasteiger partial charge in [-0.1, -0.05) is 31.9 Å². The number of amides is 1. The van der Waals surface area contributed by atoms with Gasteiger partial charge in [0.2, 0.25) is 0 Å². The maximum absolute atomic E-state index is 12.1. The predicted octanol–water partition coefficient (Wildman–Crippen LogP) is 4.96. The van der Waals surface area contributed by atoms with Crippen molar-refractivity contribution in [3.63, 3.8) is 0 Å². The Morgan fingerprint density at radius 3 is 2.03 bits per heavy atom. The third-order valence-corrected chi connectivity index (χ3v) is 4.81. The van der Waals surface area contributed by atoms with Crippen LogP contribution in [0.4, 0.5) is 0 Å². The summed E-state index contributed by atoms with van der Waals surface area (Å²) >= 11 is 6.65. The van der Waals surface area contributed by atoms with Crippen LogP contribution in [0.5, 0.6) is 11.5 Å². The second-order valence-corrected chi connectivity index (χ2v) is 7.83. The van der Waals surface area contributed by atoms with Crippen LogP contribution >= 0.6 is 31.9 Å². The van der Waals surface area contributed by atoms with Gasteiger partial charge in [0.15, 0.2) is 6.61 Å². The molecule has 0 bridgehead atoms. The Balaban J connectivity index is 1.45. The number of carbonyl (C=O) groups excluding carboxylic acids is 2. The van der Waals surface area contributed by atoms with Gasteiger partial charge in [0.05, 0.1) is 11.8 Å². The number of nitrogens with zero attached hydrogens (tertiary/aromatic N) is 1. The van der Waals surface area contributed by atoms with Gasteiger partial charge in [0, 0.05) is 8.95 Å². The highest BCUT2D eigenvalue weighted by atomic mass is 79.9. The summed E-state index contributed by atoms with van der Waals surface area (Å²) in [4.78, 5) is 23.9.